The minimum Gasteiger partial charge on any atom is -0.377 e. The molecule has 0 bridgehead atoms. The number of hydrogen-bond acceptors (Lipinski definition) is 3. The monoisotopic (exact) mass is 230 g/mol. The van der Waals surface area contributed by atoms with Crippen LogP contribution in [0.4, 0.5) is 0 Å². The molecule has 0 aromatic carbocycles. The molecule has 1 atom stereocenters. The Balaban J connectivity index is 3.32. The molecule has 0 heterocycles. The van der Waals surface area contributed by atoms with Crippen LogP contribution in [0.3, 0.4) is 0 Å². The zero-order valence-electron chi connectivity index (χ0n) is 11.6. The molecular formula is C13H30N2O. The van der Waals surface area contributed by atoms with Crippen molar-refractivity contribution in [2.45, 2.75) is 46.6 Å². The van der Waals surface area contributed by atoms with E-state index in [0.717, 1.165) is 45.8 Å². The maximum atomic E-state index is 5.79. The second-order valence-electron chi connectivity index (χ2n) is 4.20. The van der Waals surface area contributed by atoms with Crippen LogP contribution in [-0.4, -0.2) is 50.3 Å². The number of nitrogens with one attached hydrogen (secondary N) is 1. The number of nitrogens with zero attached hydrogens (tertiary/aromatic N) is 1. The molecule has 0 saturated heterocycles. The van der Waals surface area contributed by atoms with Crippen LogP contribution >= 0.6 is 0 Å². The van der Waals surface area contributed by atoms with Crippen LogP contribution < -0.4 is 5.32 Å². The quantitative estimate of drug-likeness (QED) is 0.550. The van der Waals surface area contributed by atoms with Gasteiger partial charge in [-0.05, 0) is 45.9 Å². The van der Waals surface area contributed by atoms with Crippen LogP contribution in [0.2, 0.25) is 0 Å². The van der Waals surface area contributed by atoms with Gasteiger partial charge in [0.05, 0.1) is 12.7 Å². The fraction of sp³-hybridized carbons (Fsp3) is 1.00. The number of hydrogen-bond donors (Lipinski definition) is 1. The Kier molecular flexibility index (Phi) is 11.3. The molecule has 0 aliphatic carbocycles. The summed E-state index contributed by atoms with van der Waals surface area (Å²) in [4.78, 5) is 2.39. The molecule has 16 heavy (non-hydrogen) atoms. The van der Waals surface area contributed by atoms with E-state index in [0.29, 0.717) is 6.10 Å². The molecule has 3 heteroatoms. The molecule has 1 unspecified atom stereocenters. The van der Waals surface area contributed by atoms with Crippen molar-refractivity contribution in [3.63, 3.8) is 0 Å². The van der Waals surface area contributed by atoms with Gasteiger partial charge in [-0.1, -0.05) is 20.8 Å². The van der Waals surface area contributed by atoms with Gasteiger partial charge in [-0.15, -0.1) is 0 Å². The molecule has 0 radical (unpaired) electrons. The molecular weight excluding hydrogens is 200 g/mol. The zero-order chi connectivity index (χ0) is 12.2. The van der Waals surface area contributed by atoms with Gasteiger partial charge in [0, 0.05) is 6.54 Å². The summed E-state index contributed by atoms with van der Waals surface area (Å²) < 4.78 is 5.79. The normalized spacial score (nSPS) is 13.3. The summed E-state index contributed by atoms with van der Waals surface area (Å²) in [6.07, 6.45) is 2.76. The van der Waals surface area contributed by atoms with Gasteiger partial charge in [0.25, 0.3) is 0 Å². The van der Waals surface area contributed by atoms with E-state index in [1.54, 1.807) is 0 Å². The van der Waals surface area contributed by atoms with Crippen LogP contribution in [0.15, 0.2) is 0 Å². The summed E-state index contributed by atoms with van der Waals surface area (Å²) in [6, 6.07) is 0. The second-order valence-corrected chi connectivity index (χ2v) is 4.20. The van der Waals surface area contributed by atoms with Gasteiger partial charge < -0.3 is 15.0 Å². The summed E-state index contributed by atoms with van der Waals surface area (Å²) in [5, 5.41) is 3.33. The van der Waals surface area contributed by atoms with Gasteiger partial charge >= 0.3 is 0 Å². The first-order valence-corrected chi connectivity index (χ1v) is 6.79. The number of ether oxygens (including phenoxy) is 1. The van der Waals surface area contributed by atoms with Crippen molar-refractivity contribution in [2.75, 3.05) is 39.3 Å². The van der Waals surface area contributed by atoms with Crippen LogP contribution in [0.25, 0.3) is 0 Å². The van der Waals surface area contributed by atoms with Crippen LogP contribution in [0.5, 0.6) is 0 Å². The van der Waals surface area contributed by atoms with Crippen molar-refractivity contribution in [3.05, 3.63) is 0 Å². The van der Waals surface area contributed by atoms with E-state index < -0.39 is 0 Å². The Morgan fingerprint density at radius 1 is 1.19 bits per heavy atom. The predicted octanol–water partition coefficient (Wildman–Crippen LogP) is 2.12. The summed E-state index contributed by atoms with van der Waals surface area (Å²) >= 11 is 0. The summed E-state index contributed by atoms with van der Waals surface area (Å²) in [6.45, 7) is 15.1. The molecule has 0 saturated carbocycles. The molecule has 0 aliphatic rings. The molecule has 0 spiro atoms. The molecule has 0 aromatic heterocycles. The van der Waals surface area contributed by atoms with E-state index in [4.69, 9.17) is 4.74 Å². The number of likely N-dealkylation sites (N-methyl/N-ethyl adjacent to an activating group) is 1. The third-order valence-corrected chi connectivity index (χ3v) is 2.92. The molecule has 0 rings (SSSR count). The van der Waals surface area contributed by atoms with Gasteiger partial charge in [0.2, 0.25) is 0 Å². The highest BCUT2D eigenvalue weighted by molar-refractivity contribution is 4.55. The third kappa shape index (κ3) is 9.13. The molecule has 3 nitrogen and oxygen atoms in total. The van der Waals surface area contributed by atoms with Gasteiger partial charge in [0.1, 0.15) is 0 Å². The van der Waals surface area contributed by atoms with E-state index >= 15 is 0 Å². The Bertz CT molecular complexity index is 138. The summed E-state index contributed by atoms with van der Waals surface area (Å²) in [5.41, 5.74) is 0. The van der Waals surface area contributed by atoms with E-state index in [9.17, 15) is 0 Å². The van der Waals surface area contributed by atoms with Gasteiger partial charge in [-0.2, -0.15) is 0 Å². The van der Waals surface area contributed by atoms with Crippen molar-refractivity contribution in [2.24, 2.45) is 0 Å². The van der Waals surface area contributed by atoms with Crippen molar-refractivity contribution in [1.82, 2.24) is 10.2 Å². The third-order valence-electron chi connectivity index (χ3n) is 2.92. The van der Waals surface area contributed by atoms with Crippen molar-refractivity contribution < 1.29 is 4.74 Å². The lowest BCUT2D eigenvalue weighted by Gasteiger charge is -2.19. The lowest BCUT2D eigenvalue weighted by atomic mass is 10.2. The minimum absolute atomic E-state index is 0.397. The predicted molar refractivity (Wildman–Crippen MR) is 71.0 cm³/mol. The van der Waals surface area contributed by atoms with E-state index in [2.05, 4.69) is 37.9 Å². The Hall–Kier alpha value is -0.120. The Morgan fingerprint density at radius 2 is 1.88 bits per heavy atom. The van der Waals surface area contributed by atoms with Gasteiger partial charge in [-0.3, -0.25) is 0 Å². The van der Waals surface area contributed by atoms with Crippen molar-refractivity contribution in [1.29, 1.82) is 0 Å². The fourth-order valence-electron chi connectivity index (χ4n) is 1.70. The van der Waals surface area contributed by atoms with Crippen LogP contribution in [0.1, 0.15) is 40.5 Å². The van der Waals surface area contributed by atoms with Crippen LogP contribution in [-0.2, 0) is 4.74 Å². The van der Waals surface area contributed by atoms with E-state index in [1.165, 1.54) is 6.42 Å². The molecule has 0 amide bonds. The topological polar surface area (TPSA) is 24.5 Å². The number of rotatable bonds is 11. The summed E-state index contributed by atoms with van der Waals surface area (Å²) in [7, 11) is 0. The van der Waals surface area contributed by atoms with Crippen LogP contribution in [0, 0.1) is 0 Å². The first-order chi connectivity index (χ1) is 7.74. The molecule has 98 valence electrons. The average Bonchev–Trinajstić information content (AvgIpc) is 2.30. The van der Waals surface area contributed by atoms with Crippen molar-refractivity contribution >= 4 is 0 Å². The Labute approximate surface area is 102 Å². The molecule has 0 fully saturated rings. The SMILES string of the molecule is CCNCCCC(C)OCCN(CC)CC. The largest absolute Gasteiger partial charge is 0.377 e. The highest BCUT2D eigenvalue weighted by Gasteiger charge is 2.03. The summed E-state index contributed by atoms with van der Waals surface area (Å²) in [5.74, 6) is 0. The zero-order valence-corrected chi connectivity index (χ0v) is 11.6. The highest BCUT2D eigenvalue weighted by Crippen LogP contribution is 2.01. The first kappa shape index (κ1) is 15.9. The molecule has 1 N–H and O–H groups in total. The minimum atomic E-state index is 0.397. The standard InChI is InChI=1S/C13H30N2O/c1-5-14-10-8-9-13(4)16-12-11-15(6-2)7-3/h13-14H,5-12H2,1-4H3. The highest BCUT2D eigenvalue weighted by atomic mass is 16.5. The van der Waals surface area contributed by atoms with E-state index in [-0.39, 0.29) is 0 Å². The first-order valence-electron chi connectivity index (χ1n) is 6.79. The molecule has 0 aromatic rings. The smallest absolute Gasteiger partial charge is 0.0597 e. The lowest BCUT2D eigenvalue weighted by molar-refractivity contribution is 0.0441. The Morgan fingerprint density at radius 3 is 2.44 bits per heavy atom. The van der Waals surface area contributed by atoms with Gasteiger partial charge in [0.15, 0.2) is 0 Å². The maximum absolute atomic E-state index is 5.79. The maximum Gasteiger partial charge on any atom is 0.0597 e. The molecule has 0 aliphatic heterocycles. The van der Waals surface area contributed by atoms with Gasteiger partial charge in [-0.25, -0.2) is 0 Å². The second kappa shape index (κ2) is 11.4. The average molecular weight is 230 g/mol. The lowest BCUT2D eigenvalue weighted by Crippen LogP contribution is -2.28. The van der Waals surface area contributed by atoms with E-state index in [1.807, 2.05) is 0 Å². The fourth-order valence-corrected chi connectivity index (χ4v) is 1.70. The van der Waals surface area contributed by atoms with Crippen molar-refractivity contribution in [3.8, 4) is 0 Å².